The van der Waals surface area contributed by atoms with E-state index in [1.165, 1.54) is 7.11 Å². The zero-order valence-electron chi connectivity index (χ0n) is 8.14. The molecule has 0 N–H and O–H groups in total. The number of alkyl halides is 1. The topological polar surface area (TPSA) is 52.4 Å². The quantitative estimate of drug-likeness (QED) is 0.453. The van der Waals surface area contributed by atoms with Crippen LogP contribution in [0.2, 0.25) is 0 Å². The van der Waals surface area contributed by atoms with Crippen molar-refractivity contribution in [3.63, 3.8) is 0 Å². The minimum Gasteiger partial charge on any atom is -0.490 e. The van der Waals surface area contributed by atoms with Crippen LogP contribution in [-0.4, -0.2) is 17.4 Å². The van der Waals surface area contributed by atoms with Crippen molar-refractivity contribution in [2.75, 3.05) is 7.11 Å². The third-order valence-corrected chi connectivity index (χ3v) is 3.02. The van der Waals surface area contributed by atoms with Gasteiger partial charge in [-0.15, -0.1) is 11.6 Å². The molecule has 4 nitrogen and oxygen atoms in total. The van der Waals surface area contributed by atoms with E-state index in [0.29, 0.717) is 0 Å². The summed E-state index contributed by atoms with van der Waals surface area (Å²) in [5, 5.41) is 10.9. The van der Waals surface area contributed by atoms with Crippen LogP contribution in [0.1, 0.15) is 17.9 Å². The van der Waals surface area contributed by atoms with Crippen molar-refractivity contribution in [1.29, 1.82) is 0 Å². The Morgan fingerprint density at radius 2 is 2.27 bits per heavy atom. The summed E-state index contributed by atoms with van der Waals surface area (Å²) < 4.78 is 4.91. The second kappa shape index (κ2) is 3.70. The summed E-state index contributed by atoms with van der Waals surface area (Å²) >= 11 is 5.89. The summed E-state index contributed by atoms with van der Waals surface area (Å²) in [5.74, 6) is 0.548. The van der Waals surface area contributed by atoms with Gasteiger partial charge in [0.25, 0.3) is 0 Å². The molecule has 1 fully saturated rings. The van der Waals surface area contributed by atoms with Gasteiger partial charge in [0.15, 0.2) is 5.75 Å². The Bertz CT molecular complexity index is 408. The standard InChI is InChI=1S/C10H10ClNO3/c1-15-10-3-2-6(7-5-8(7)11)4-9(10)12(13)14/h2-4,7-8H,5H2,1H3/t7-,8+/m0/s1. The second-order valence-electron chi connectivity index (χ2n) is 3.55. The summed E-state index contributed by atoms with van der Waals surface area (Å²) in [6.45, 7) is 0. The molecule has 2 atom stereocenters. The molecular formula is C10H10ClNO3. The lowest BCUT2D eigenvalue weighted by Gasteiger charge is -2.03. The fraction of sp³-hybridized carbons (Fsp3) is 0.400. The van der Waals surface area contributed by atoms with E-state index in [2.05, 4.69) is 0 Å². The number of methoxy groups -OCH3 is 1. The number of nitrogens with zero attached hydrogens (tertiary/aromatic N) is 1. The first-order valence-corrected chi connectivity index (χ1v) is 5.03. The van der Waals surface area contributed by atoms with Gasteiger partial charge in [0.2, 0.25) is 0 Å². The van der Waals surface area contributed by atoms with Gasteiger partial charge in [-0.25, -0.2) is 0 Å². The van der Waals surface area contributed by atoms with Gasteiger partial charge >= 0.3 is 5.69 Å². The molecule has 1 aromatic carbocycles. The van der Waals surface area contributed by atoms with Crippen molar-refractivity contribution in [2.24, 2.45) is 0 Å². The summed E-state index contributed by atoms with van der Waals surface area (Å²) in [4.78, 5) is 10.3. The molecule has 1 aliphatic carbocycles. The first kappa shape index (κ1) is 10.2. The van der Waals surface area contributed by atoms with Crippen LogP contribution in [-0.2, 0) is 0 Å². The van der Waals surface area contributed by atoms with Crippen molar-refractivity contribution in [1.82, 2.24) is 0 Å². The normalized spacial score (nSPS) is 23.6. The minimum atomic E-state index is -0.437. The van der Waals surface area contributed by atoms with Gasteiger partial charge in [-0.3, -0.25) is 10.1 Å². The van der Waals surface area contributed by atoms with Gasteiger partial charge in [0, 0.05) is 17.4 Å². The molecule has 0 bridgehead atoms. The average molecular weight is 228 g/mol. The first-order chi connectivity index (χ1) is 7.13. The molecule has 5 heteroatoms. The molecule has 15 heavy (non-hydrogen) atoms. The highest BCUT2D eigenvalue weighted by molar-refractivity contribution is 6.23. The van der Waals surface area contributed by atoms with Crippen molar-refractivity contribution in [3.8, 4) is 5.75 Å². The molecular weight excluding hydrogens is 218 g/mol. The number of hydrogen-bond acceptors (Lipinski definition) is 3. The van der Waals surface area contributed by atoms with E-state index in [1.54, 1.807) is 12.1 Å². The van der Waals surface area contributed by atoms with Crippen LogP contribution in [0.3, 0.4) is 0 Å². The molecule has 80 valence electrons. The van der Waals surface area contributed by atoms with Crippen LogP contribution < -0.4 is 4.74 Å². The van der Waals surface area contributed by atoms with Crippen LogP contribution in [0.25, 0.3) is 0 Å². The monoisotopic (exact) mass is 227 g/mol. The highest BCUT2D eigenvalue weighted by Gasteiger charge is 2.37. The van der Waals surface area contributed by atoms with Crippen LogP contribution in [0.4, 0.5) is 5.69 Å². The van der Waals surface area contributed by atoms with Crippen molar-refractivity contribution in [3.05, 3.63) is 33.9 Å². The molecule has 2 rings (SSSR count). The number of hydrogen-bond donors (Lipinski definition) is 0. The Balaban J connectivity index is 2.36. The molecule has 0 spiro atoms. The minimum absolute atomic E-state index is 0.00534. The summed E-state index contributed by atoms with van der Waals surface area (Å²) in [6.07, 6.45) is 0.894. The molecule has 0 aromatic heterocycles. The van der Waals surface area contributed by atoms with Crippen LogP contribution in [0.5, 0.6) is 5.75 Å². The highest BCUT2D eigenvalue weighted by Crippen LogP contribution is 2.46. The maximum absolute atomic E-state index is 10.7. The van der Waals surface area contributed by atoms with Gasteiger partial charge < -0.3 is 4.74 Å². The Labute approximate surface area is 92.0 Å². The van der Waals surface area contributed by atoms with E-state index >= 15 is 0 Å². The predicted molar refractivity (Wildman–Crippen MR) is 56.6 cm³/mol. The summed E-state index contributed by atoms with van der Waals surface area (Å²) in [6, 6.07) is 5.00. The number of benzene rings is 1. The molecule has 0 saturated heterocycles. The summed E-state index contributed by atoms with van der Waals surface area (Å²) in [7, 11) is 1.42. The highest BCUT2D eigenvalue weighted by atomic mass is 35.5. The third kappa shape index (κ3) is 1.90. The largest absolute Gasteiger partial charge is 0.490 e. The van der Waals surface area contributed by atoms with Gasteiger partial charge in [-0.1, -0.05) is 6.07 Å². The van der Waals surface area contributed by atoms with Gasteiger partial charge in [-0.2, -0.15) is 0 Å². The zero-order valence-corrected chi connectivity index (χ0v) is 8.90. The summed E-state index contributed by atoms with van der Waals surface area (Å²) in [5.41, 5.74) is 0.924. The van der Waals surface area contributed by atoms with Crippen molar-refractivity contribution < 1.29 is 9.66 Å². The van der Waals surface area contributed by atoms with E-state index in [-0.39, 0.29) is 22.7 Å². The molecule has 0 radical (unpaired) electrons. The SMILES string of the molecule is COc1ccc([C@@H]2C[C@H]2Cl)cc1[N+](=O)[O-]. The lowest BCUT2D eigenvalue weighted by atomic mass is 10.1. The Morgan fingerprint density at radius 1 is 1.60 bits per heavy atom. The van der Waals surface area contributed by atoms with E-state index in [9.17, 15) is 10.1 Å². The van der Waals surface area contributed by atoms with E-state index in [0.717, 1.165) is 12.0 Å². The molecule has 0 amide bonds. The predicted octanol–water partition coefficient (Wildman–Crippen LogP) is 2.70. The molecule has 0 aliphatic heterocycles. The number of halogens is 1. The van der Waals surface area contributed by atoms with Gasteiger partial charge in [-0.05, 0) is 18.1 Å². The Hall–Kier alpha value is -1.29. The van der Waals surface area contributed by atoms with E-state index < -0.39 is 4.92 Å². The lowest BCUT2D eigenvalue weighted by molar-refractivity contribution is -0.385. The number of nitro benzene ring substituents is 1. The lowest BCUT2D eigenvalue weighted by Crippen LogP contribution is -1.95. The average Bonchev–Trinajstić information content (AvgIpc) is 2.94. The number of ether oxygens (including phenoxy) is 1. The van der Waals surface area contributed by atoms with Crippen molar-refractivity contribution >= 4 is 17.3 Å². The Kier molecular flexibility index (Phi) is 2.52. The van der Waals surface area contributed by atoms with Crippen LogP contribution >= 0.6 is 11.6 Å². The maximum Gasteiger partial charge on any atom is 0.311 e. The zero-order chi connectivity index (χ0) is 11.0. The van der Waals surface area contributed by atoms with E-state index in [1.807, 2.05) is 6.07 Å². The Morgan fingerprint density at radius 3 is 2.73 bits per heavy atom. The van der Waals surface area contributed by atoms with Gasteiger partial charge in [0.05, 0.1) is 12.0 Å². The fourth-order valence-corrected chi connectivity index (χ4v) is 1.93. The fourth-order valence-electron chi connectivity index (χ4n) is 1.59. The van der Waals surface area contributed by atoms with Crippen LogP contribution in [0.15, 0.2) is 18.2 Å². The van der Waals surface area contributed by atoms with E-state index in [4.69, 9.17) is 16.3 Å². The third-order valence-electron chi connectivity index (χ3n) is 2.54. The smallest absolute Gasteiger partial charge is 0.311 e. The van der Waals surface area contributed by atoms with Crippen molar-refractivity contribution in [2.45, 2.75) is 17.7 Å². The van der Waals surface area contributed by atoms with Gasteiger partial charge in [0.1, 0.15) is 0 Å². The second-order valence-corrected chi connectivity index (χ2v) is 4.11. The number of rotatable bonds is 3. The molecule has 1 aliphatic rings. The molecule has 1 saturated carbocycles. The maximum atomic E-state index is 10.7. The first-order valence-electron chi connectivity index (χ1n) is 4.60. The number of nitro groups is 1. The van der Waals surface area contributed by atoms with Crippen LogP contribution in [0, 0.1) is 10.1 Å². The molecule has 0 heterocycles. The molecule has 1 aromatic rings. The molecule has 0 unspecified atom stereocenters.